The summed E-state index contributed by atoms with van der Waals surface area (Å²) in [5.74, 6) is -0.433. The molecule has 3 rings (SSSR count). The molecule has 1 aliphatic heterocycles. The smallest absolute Gasteiger partial charge is 0.417 e. The van der Waals surface area contributed by atoms with Gasteiger partial charge in [0.25, 0.3) is 0 Å². The number of anilines is 1. The number of esters is 1. The molecule has 1 aliphatic rings. The van der Waals surface area contributed by atoms with E-state index in [4.69, 9.17) is 16.3 Å². The number of carbonyl (C=O) groups is 1. The lowest BCUT2D eigenvalue weighted by Gasteiger charge is -2.16. The lowest BCUT2D eigenvalue weighted by Crippen LogP contribution is -2.24. The molecule has 26 heavy (non-hydrogen) atoms. The van der Waals surface area contributed by atoms with E-state index in [9.17, 15) is 18.0 Å². The first kappa shape index (κ1) is 18.7. The van der Waals surface area contributed by atoms with Gasteiger partial charge in [-0.2, -0.15) is 13.2 Å². The number of hydrogen-bond donors (Lipinski definition) is 0. The summed E-state index contributed by atoms with van der Waals surface area (Å²) in [6.45, 7) is 1.06. The van der Waals surface area contributed by atoms with E-state index in [1.54, 1.807) is 0 Å². The van der Waals surface area contributed by atoms with Gasteiger partial charge in [-0.3, -0.25) is 0 Å². The number of aromatic nitrogens is 2. The zero-order valence-corrected chi connectivity index (χ0v) is 15.0. The Kier molecular flexibility index (Phi) is 5.24. The first-order chi connectivity index (χ1) is 12.3. The van der Waals surface area contributed by atoms with Crippen molar-refractivity contribution in [3.63, 3.8) is 0 Å². The number of nitrogens with zero attached hydrogens (tertiary/aromatic N) is 3. The van der Waals surface area contributed by atoms with Crippen LogP contribution in [0.3, 0.4) is 0 Å². The Balaban J connectivity index is 1.63. The van der Waals surface area contributed by atoms with E-state index in [0.29, 0.717) is 24.6 Å². The van der Waals surface area contributed by atoms with E-state index in [-0.39, 0.29) is 22.0 Å². The average molecular weight is 408 g/mol. The average Bonchev–Trinajstić information content (AvgIpc) is 3.20. The van der Waals surface area contributed by atoms with Gasteiger partial charge in [0, 0.05) is 25.2 Å². The number of pyridine rings is 1. The molecule has 0 bridgehead atoms. The molecule has 2 aromatic heterocycles. The number of thiazole rings is 1. The van der Waals surface area contributed by atoms with Crippen molar-refractivity contribution in [3.8, 4) is 5.88 Å². The van der Waals surface area contributed by atoms with Crippen molar-refractivity contribution in [2.75, 3.05) is 25.1 Å². The minimum absolute atomic E-state index is 0.0747. The summed E-state index contributed by atoms with van der Waals surface area (Å²) in [7, 11) is 1.26. The van der Waals surface area contributed by atoms with Gasteiger partial charge >= 0.3 is 12.1 Å². The van der Waals surface area contributed by atoms with Crippen LogP contribution in [-0.4, -0.2) is 42.2 Å². The van der Waals surface area contributed by atoms with E-state index in [2.05, 4.69) is 14.7 Å². The highest BCUT2D eigenvalue weighted by atomic mass is 35.5. The summed E-state index contributed by atoms with van der Waals surface area (Å²) in [5, 5.41) is 0.632. The number of halogens is 4. The Morgan fingerprint density at radius 1 is 1.42 bits per heavy atom. The highest BCUT2D eigenvalue weighted by Crippen LogP contribution is 2.33. The molecule has 1 atom stereocenters. The Hall–Kier alpha value is -2.07. The molecule has 0 saturated carbocycles. The molecule has 0 N–H and O–H groups in total. The van der Waals surface area contributed by atoms with Gasteiger partial charge in [0.05, 0.1) is 19.2 Å². The summed E-state index contributed by atoms with van der Waals surface area (Å²) < 4.78 is 47.9. The molecular weight excluding hydrogens is 395 g/mol. The van der Waals surface area contributed by atoms with Crippen LogP contribution in [0.2, 0.25) is 5.15 Å². The van der Waals surface area contributed by atoms with E-state index in [1.807, 2.05) is 4.90 Å². The fourth-order valence-corrected chi connectivity index (χ4v) is 3.67. The molecule has 1 unspecified atom stereocenters. The lowest BCUT2D eigenvalue weighted by molar-refractivity contribution is -0.137. The van der Waals surface area contributed by atoms with Gasteiger partial charge in [-0.25, -0.2) is 14.8 Å². The van der Waals surface area contributed by atoms with E-state index in [1.165, 1.54) is 13.2 Å². The predicted octanol–water partition coefficient (Wildman–Crippen LogP) is 3.65. The zero-order valence-electron chi connectivity index (χ0n) is 13.4. The summed E-state index contributed by atoms with van der Waals surface area (Å²) in [6, 6.07) is 2.12. The molecule has 1 fully saturated rings. The van der Waals surface area contributed by atoms with Crippen LogP contribution >= 0.6 is 22.9 Å². The van der Waals surface area contributed by atoms with Gasteiger partial charge in [-0.05, 0) is 6.07 Å². The van der Waals surface area contributed by atoms with Crippen molar-refractivity contribution < 1.29 is 27.4 Å². The third-order valence-corrected chi connectivity index (χ3v) is 5.19. The van der Waals surface area contributed by atoms with Crippen LogP contribution in [0.4, 0.5) is 18.3 Å². The largest absolute Gasteiger partial charge is 0.472 e. The van der Waals surface area contributed by atoms with Crippen LogP contribution in [0.5, 0.6) is 5.88 Å². The number of alkyl halides is 3. The Bertz CT molecular complexity index is 798. The number of methoxy groups -OCH3 is 1. The maximum Gasteiger partial charge on any atom is 0.417 e. The molecule has 0 spiro atoms. The molecule has 0 aromatic carbocycles. The van der Waals surface area contributed by atoms with Crippen LogP contribution in [0.15, 0.2) is 18.3 Å². The van der Waals surface area contributed by atoms with Crippen LogP contribution in [0.25, 0.3) is 0 Å². The normalized spacial score (nSPS) is 17.4. The molecule has 2 aromatic rings. The number of hydrogen-bond acceptors (Lipinski definition) is 7. The van der Waals surface area contributed by atoms with Gasteiger partial charge in [0.1, 0.15) is 6.10 Å². The van der Waals surface area contributed by atoms with Crippen molar-refractivity contribution in [2.24, 2.45) is 0 Å². The number of rotatable bonds is 4. The summed E-state index contributed by atoms with van der Waals surface area (Å²) >= 11 is 7.07. The maximum atomic E-state index is 12.5. The third kappa shape index (κ3) is 4.01. The molecule has 0 aliphatic carbocycles. The first-order valence-electron chi connectivity index (χ1n) is 7.47. The third-order valence-electron chi connectivity index (χ3n) is 3.71. The second kappa shape index (κ2) is 7.28. The summed E-state index contributed by atoms with van der Waals surface area (Å²) in [6.07, 6.45) is -3.32. The van der Waals surface area contributed by atoms with Gasteiger partial charge in [0.2, 0.25) is 5.88 Å². The van der Waals surface area contributed by atoms with Crippen LogP contribution in [-0.2, 0) is 10.9 Å². The lowest BCUT2D eigenvalue weighted by atomic mass is 10.3. The van der Waals surface area contributed by atoms with E-state index < -0.39 is 17.7 Å². The standard InChI is InChI=1S/C15H13ClF3N3O3S/c1-24-13(23)11-12(16)21-14(26-11)22-5-4-9(7-22)25-10-3-2-8(6-20-10)15(17,18)19/h2-3,6,9H,4-5,7H2,1H3. The minimum Gasteiger partial charge on any atom is -0.472 e. The van der Waals surface area contributed by atoms with Gasteiger partial charge in [-0.15, -0.1) is 0 Å². The van der Waals surface area contributed by atoms with Gasteiger partial charge in [0.15, 0.2) is 15.2 Å². The van der Waals surface area contributed by atoms with Gasteiger partial charge < -0.3 is 14.4 Å². The second-order valence-electron chi connectivity index (χ2n) is 5.47. The van der Waals surface area contributed by atoms with E-state index >= 15 is 0 Å². The zero-order chi connectivity index (χ0) is 18.9. The fourth-order valence-electron chi connectivity index (χ4n) is 2.43. The Labute approximate surface area is 155 Å². The Morgan fingerprint density at radius 3 is 2.81 bits per heavy atom. The monoisotopic (exact) mass is 407 g/mol. The molecule has 3 heterocycles. The molecular formula is C15H13ClF3N3O3S. The van der Waals surface area contributed by atoms with Crippen LogP contribution < -0.4 is 9.64 Å². The van der Waals surface area contributed by atoms with Crippen molar-refractivity contribution in [1.29, 1.82) is 0 Å². The number of ether oxygens (including phenoxy) is 2. The van der Waals surface area contributed by atoms with Crippen LogP contribution in [0, 0.1) is 0 Å². The van der Waals surface area contributed by atoms with E-state index in [0.717, 1.165) is 23.6 Å². The van der Waals surface area contributed by atoms with Crippen molar-refractivity contribution >= 4 is 34.0 Å². The predicted molar refractivity (Wildman–Crippen MR) is 88.9 cm³/mol. The summed E-state index contributed by atoms with van der Waals surface area (Å²) in [4.78, 5) is 21.6. The minimum atomic E-state index is -4.43. The molecule has 1 saturated heterocycles. The Morgan fingerprint density at radius 2 is 2.19 bits per heavy atom. The van der Waals surface area contributed by atoms with Crippen molar-refractivity contribution in [1.82, 2.24) is 9.97 Å². The van der Waals surface area contributed by atoms with Gasteiger partial charge in [-0.1, -0.05) is 22.9 Å². The van der Waals surface area contributed by atoms with Crippen molar-refractivity contribution in [3.05, 3.63) is 33.9 Å². The second-order valence-corrected chi connectivity index (χ2v) is 6.80. The fraction of sp³-hybridized carbons (Fsp3) is 0.400. The van der Waals surface area contributed by atoms with Crippen molar-refractivity contribution in [2.45, 2.75) is 18.7 Å². The molecule has 0 radical (unpaired) electrons. The number of carbonyl (C=O) groups excluding carboxylic acids is 1. The summed E-state index contributed by atoms with van der Waals surface area (Å²) in [5.41, 5.74) is -0.828. The SMILES string of the molecule is COC(=O)c1sc(N2CCC(Oc3ccc(C(F)(F)F)cn3)C2)nc1Cl. The first-order valence-corrected chi connectivity index (χ1v) is 8.67. The molecule has 6 nitrogen and oxygen atoms in total. The molecule has 0 amide bonds. The topological polar surface area (TPSA) is 64.5 Å². The van der Waals surface area contributed by atoms with Crippen LogP contribution in [0.1, 0.15) is 21.7 Å². The highest BCUT2D eigenvalue weighted by molar-refractivity contribution is 7.18. The highest BCUT2D eigenvalue weighted by Gasteiger charge is 2.32. The molecule has 140 valence electrons. The quantitative estimate of drug-likeness (QED) is 0.721. The molecule has 11 heteroatoms. The maximum absolute atomic E-state index is 12.5.